The maximum Gasteiger partial charge on any atom is 0.325 e. The van der Waals surface area contributed by atoms with Crippen LogP contribution in [0.25, 0.3) is 11.3 Å². The van der Waals surface area contributed by atoms with Gasteiger partial charge < -0.3 is 14.8 Å². The van der Waals surface area contributed by atoms with Crippen LogP contribution < -0.4 is 5.32 Å². The maximum atomic E-state index is 13.6. The number of aryl methyl sites for hydroxylation is 1. The van der Waals surface area contributed by atoms with E-state index in [0.717, 1.165) is 0 Å². The number of benzene rings is 1. The summed E-state index contributed by atoms with van der Waals surface area (Å²) < 4.78 is 19.2. The molecule has 1 unspecified atom stereocenters. The lowest BCUT2D eigenvalue weighted by atomic mass is 10.1. The minimum absolute atomic E-state index is 0.0991. The Balaban J connectivity index is 1.94. The van der Waals surface area contributed by atoms with E-state index in [1.54, 1.807) is 30.3 Å². The number of amides is 1. The normalized spacial score (nSPS) is 11.9. The Labute approximate surface area is 126 Å². The van der Waals surface area contributed by atoms with Gasteiger partial charge in [-0.25, -0.2) is 4.39 Å². The van der Waals surface area contributed by atoms with Gasteiger partial charge in [0.15, 0.2) is 0 Å². The van der Waals surface area contributed by atoms with Gasteiger partial charge in [0, 0.05) is 12.8 Å². The van der Waals surface area contributed by atoms with Crippen molar-refractivity contribution in [3.05, 3.63) is 48.0 Å². The number of halogens is 1. The van der Waals surface area contributed by atoms with Crippen LogP contribution in [0.4, 0.5) is 4.39 Å². The Kier molecular flexibility index (Phi) is 4.93. The third-order valence-corrected chi connectivity index (χ3v) is 3.15. The standard InChI is InChI=1S/C16H16FNO4/c1-10(16(20)21)18-15(19)9-7-11-6-8-14(22-11)12-4-2-3-5-13(12)17/h2-6,8,10H,7,9H2,1H3,(H,18,19)(H,20,21). The number of furan rings is 1. The van der Waals surface area contributed by atoms with Gasteiger partial charge in [-0.3, -0.25) is 9.59 Å². The number of nitrogens with one attached hydrogen (secondary N) is 1. The molecule has 0 bridgehead atoms. The second kappa shape index (κ2) is 6.89. The van der Waals surface area contributed by atoms with Gasteiger partial charge >= 0.3 is 5.97 Å². The zero-order valence-electron chi connectivity index (χ0n) is 12.0. The van der Waals surface area contributed by atoms with Crippen LogP contribution >= 0.6 is 0 Å². The molecule has 1 atom stereocenters. The van der Waals surface area contributed by atoms with Gasteiger partial charge in [0.25, 0.3) is 0 Å². The predicted octanol–water partition coefficient (Wildman–Crippen LogP) is 2.61. The van der Waals surface area contributed by atoms with Crippen LogP contribution in [0.1, 0.15) is 19.1 Å². The van der Waals surface area contributed by atoms with Crippen LogP contribution in [0.15, 0.2) is 40.8 Å². The molecule has 1 amide bonds. The van der Waals surface area contributed by atoms with Crippen LogP contribution in [-0.4, -0.2) is 23.0 Å². The molecule has 0 radical (unpaired) electrons. The first-order chi connectivity index (χ1) is 10.5. The lowest BCUT2D eigenvalue weighted by Crippen LogP contribution is -2.38. The molecule has 2 rings (SSSR count). The van der Waals surface area contributed by atoms with E-state index in [1.165, 1.54) is 13.0 Å². The molecule has 0 saturated carbocycles. The van der Waals surface area contributed by atoms with Crippen molar-refractivity contribution in [3.63, 3.8) is 0 Å². The first-order valence-corrected chi connectivity index (χ1v) is 6.83. The summed E-state index contributed by atoms with van der Waals surface area (Å²) in [4.78, 5) is 22.2. The molecule has 6 heteroatoms. The summed E-state index contributed by atoms with van der Waals surface area (Å²) in [6.45, 7) is 1.39. The summed E-state index contributed by atoms with van der Waals surface area (Å²) in [5.74, 6) is -0.910. The molecular formula is C16H16FNO4. The summed E-state index contributed by atoms with van der Waals surface area (Å²) >= 11 is 0. The Hall–Kier alpha value is -2.63. The van der Waals surface area contributed by atoms with Crippen molar-refractivity contribution in [1.29, 1.82) is 0 Å². The van der Waals surface area contributed by atoms with Crippen LogP contribution in [0.2, 0.25) is 0 Å². The second-order valence-corrected chi connectivity index (χ2v) is 4.87. The van der Waals surface area contributed by atoms with E-state index in [9.17, 15) is 14.0 Å². The van der Waals surface area contributed by atoms with Gasteiger partial charge in [-0.1, -0.05) is 12.1 Å². The molecule has 2 N–H and O–H groups in total. The molecular weight excluding hydrogens is 289 g/mol. The van der Waals surface area contributed by atoms with Crippen molar-refractivity contribution in [2.45, 2.75) is 25.8 Å². The third-order valence-electron chi connectivity index (χ3n) is 3.15. The molecule has 2 aromatic rings. The van der Waals surface area contributed by atoms with Gasteiger partial charge in [-0.05, 0) is 31.2 Å². The lowest BCUT2D eigenvalue weighted by molar-refractivity contribution is -0.141. The minimum atomic E-state index is -1.09. The van der Waals surface area contributed by atoms with E-state index in [2.05, 4.69) is 5.32 Å². The van der Waals surface area contributed by atoms with E-state index in [1.807, 2.05) is 0 Å². The maximum absolute atomic E-state index is 13.6. The van der Waals surface area contributed by atoms with Crippen LogP contribution in [0.3, 0.4) is 0 Å². The molecule has 0 spiro atoms. The van der Waals surface area contributed by atoms with Crippen LogP contribution in [-0.2, 0) is 16.0 Å². The fraction of sp³-hybridized carbons (Fsp3) is 0.250. The smallest absolute Gasteiger partial charge is 0.325 e. The first-order valence-electron chi connectivity index (χ1n) is 6.83. The number of carboxylic acids is 1. The fourth-order valence-electron chi connectivity index (χ4n) is 1.93. The molecule has 0 saturated heterocycles. The molecule has 1 heterocycles. The monoisotopic (exact) mass is 305 g/mol. The highest BCUT2D eigenvalue weighted by Crippen LogP contribution is 2.25. The van der Waals surface area contributed by atoms with Gasteiger partial charge in [-0.15, -0.1) is 0 Å². The molecule has 0 fully saturated rings. The molecule has 1 aromatic heterocycles. The molecule has 0 aliphatic rings. The highest BCUT2D eigenvalue weighted by Gasteiger charge is 2.15. The first kappa shape index (κ1) is 15.8. The largest absolute Gasteiger partial charge is 0.480 e. The van der Waals surface area contributed by atoms with Crippen molar-refractivity contribution in [3.8, 4) is 11.3 Å². The van der Waals surface area contributed by atoms with Crippen molar-refractivity contribution in [1.82, 2.24) is 5.32 Å². The number of hydrogen-bond donors (Lipinski definition) is 2. The average Bonchev–Trinajstić information content (AvgIpc) is 2.94. The van der Waals surface area contributed by atoms with Crippen LogP contribution in [0, 0.1) is 5.82 Å². The third kappa shape index (κ3) is 3.94. The molecule has 5 nitrogen and oxygen atoms in total. The van der Waals surface area contributed by atoms with Crippen molar-refractivity contribution in [2.75, 3.05) is 0 Å². The minimum Gasteiger partial charge on any atom is -0.480 e. The van der Waals surface area contributed by atoms with E-state index in [0.29, 0.717) is 23.5 Å². The highest BCUT2D eigenvalue weighted by atomic mass is 19.1. The molecule has 1 aromatic carbocycles. The van der Waals surface area contributed by atoms with Crippen LogP contribution in [0.5, 0.6) is 0 Å². The van der Waals surface area contributed by atoms with E-state index in [4.69, 9.17) is 9.52 Å². The van der Waals surface area contributed by atoms with E-state index in [-0.39, 0.29) is 18.1 Å². The molecule has 116 valence electrons. The number of aliphatic carboxylic acids is 1. The summed E-state index contributed by atoms with van der Waals surface area (Å²) in [6.07, 6.45) is 0.411. The van der Waals surface area contributed by atoms with Gasteiger partial charge in [0.05, 0.1) is 5.56 Å². The fourth-order valence-corrected chi connectivity index (χ4v) is 1.93. The molecule has 22 heavy (non-hydrogen) atoms. The number of rotatable bonds is 6. The summed E-state index contributed by atoms with van der Waals surface area (Å²) in [6, 6.07) is 8.65. The number of carbonyl (C=O) groups is 2. The summed E-state index contributed by atoms with van der Waals surface area (Å²) in [5.41, 5.74) is 0.359. The van der Waals surface area contributed by atoms with Crippen molar-refractivity contribution in [2.24, 2.45) is 0 Å². The van der Waals surface area contributed by atoms with E-state index < -0.39 is 12.0 Å². The topological polar surface area (TPSA) is 79.5 Å². The predicted molar refractivity (Wildman–Crippen MR) is 77.7 cm³/mol. The molecule has 0 aliphatic heterocycles. The highest BCUT2D eigenvalue weighted by molar-refractivity contribution is 5.83. The Morgan fingerprint density at radius 3 is 2.68 bits per heavy atom. The quantitative estimate of drug-likeness (QED) is 0.859. The zero-order chi connectivity index (χ0) is 16.1. The molecule has 0 aliphatic carbocycles. The SMILES string of the molecule is CC(NC(=O)CCc1ccc(-c2ccccc2F)o1)C(=O)O. The number of hydrogen-bond acceptors (Lipinski definition) is 3. The van der Waals surface area contributed by atoms with Gasteiger partial charge in [0.1, 0.15) is 23.4 Å². The average molecular weight is 305 g/mol. The van der Waals surface area contributed by atoms with Gasteiger partial charge in [-0.2, -0.15) is 0 Å². The zero-order valence-corrected chi connectivity index (χ0v) is 12.0. The van der Waals surface area contributed by atoms with Crippen molar-refractivity contribution >= 4 is 11.9 Å². The Morgan fingerprint density at radius 1 is 1.27 bits per heavy atom. The lowest BCUT2D eigenvalue weighted by Gasteiger charge is -2.08. The second-order valence-electron chi connectivity index (χ2n) is 4.87. The van der Waals surface area contributed by atoms with E-state index >= 15 is 0 Å². The number of carboxylic acid groups (broad SMARTS) is 1. The summed E-state index contributed by atoms with van der Waals surface area (Å²) in [7, 11) is 0. The number of carbonyl (C=O) groups excluding carboxylic acids is 1. The summed E-state index contributed by atoms with van der Waals surface area (Å²) in [5, 5.41) is 11.1. The van der Waals surface area contributed by atoms with Gasteiger partial charge in [0.2, 0.25) is 5.91 Å². The Morgan fingerprint density at radius 2 is 2.00 bits per heavy atom. The Bertz CT molecular complexity index is 680. The van der Waals surface area contributed by atoms with Crippen molar-refractivity contribution < 1.29 is 23.5 Å².